The summed E-state index contributed by atoms with van der Waals surface area (Å²) in [5, 5.41) is 18.4. The second-order valence-corrected chi connectivity index (χ2v) is 10.4. The number of nitrogens with one attached hydrogen (secondary N) is 1. The third-order valence-corrected chi connectivity index (χ3v) is 6.65. The molecule has 1 fully saturated rings. The number of aryl methyl sites for hydroxylation is 1. The van der Waals surface area contributed by atoms with Gasteiger partial charge in [-0.25, -0.2) is 14.0 Å². The van der Waals surface area contributed by atoms with E-state index in [0.29, 0.717) is 0 Å². The number of H-pyrrole nitrogens is 1. The Hall–Kier alpha value is -2.15. The molecule has 0 aromatic carbocycles. The molecule has 1 unspecified atom stereocenters. The Morgan fingerprint density at radius 1 is 1.14 bits per heavy atom. The number of nitrogens with zero attached hydrogens (tertiary/aromatic N) is 4. The first-order valence-corrected chi connectivity index (χ1v) is 14.0. The van der Waals surface area contributed by atoms with E-state index in [1.165, 1.54) is 49.4 Å². The smallest absolute Gasteiger partial charge is 0.390 e. The normalized spacial score (nSPS) is 20.3. The third-order valence-electron chi connectivity index (χ3n) is 6.17. The summed E-state index contributed by atoms with van der Waals surface area (Å²) in [6.07, 6.45) is 10.6. The molecule has 0 saturated carbocycles. The zero-order valence-corrected chi connectivity index (χ0v) is 21.4. The number of aromatic nitrogens is 5. The monoisotopic (exact) mass is 529 g/mol. The van der Waals surface area contributed by atoms with Gasteiger partial charge in [0, 0.05) is 18.8 Å². The molecule has 0 radical (unpaired) electrons. The van der Waals surface area contributed by atoms with Gasteiger partial charge in [-0.15, -0.1) is 5.10 Å². The number of hydrogen-bond acceptors (Lipinski definition) is 8. The maximum atomic E-state index is 12.4. The second-order valence-electron chi connectivity index (χ2n) is 9.17. The quantitative estimate of drug-likeness (QED) is 0.195. The van der Waals surface area contributed by atoms with Crippen molar-refractivity contribution in [2.24, 2.45) is 0 Å². The molecular formula is C22H36N5O8P. The molecule has 1 saturated heterocycles. The highest BCUT2D eigenvalue weighted by molar-refractivity contribution is 7.46. The van der Waals surface area contributed by atoms with E-state index in [1.54, 1.807) is 6.20 Å². The zero-order chi connectivity index (χ0) is 26.1. The Balaban J connectivity index is 1.55. The van der Waals surface area contributed by atoms with E-state index >= 15 is 0 Å². The van der Waals surface area contributed by atoms with Gasteiger partial charge >= 0.3 is 13.5 Å². The van der Waals surface area contributed by atoms with Crippen molar-refractivity contribution < 1.29 is 28.7 Å². The lowest BCUT2D eigenvalue weighted by Crippen LogP contribution is -2.35. The molecule has 4 N–H and O–H groups in total. The zero-order valence-electron chi connectivity index (χ0n) is 20.5. The first kappa shape index (κ1) is 28.4. The summed E-state index contributed by atoms with van der Waals surface area (Å²) in [4.78, 5) is 44.7. The number of ether oxygens (including phenoxy) is 1. The molecule has 202 valence electrons. The van der Waals surface area contributed by atoms with E-state index in [0.717, 1.165) is 29.5 Å². The van der Waals surface area contributed by atoms with Crippen LogP contribution in [0.4, 0.5) is 0 Å². The van der Waals surface area contributed by atoms with Gasteiger partial charge in [0.2, 0.25) is 0 Å². The highest BCUT2D eigenvalue weighted by atomic mass is 31.2. The number of aliphatic hydroxyl groups is 1. The van der Waals surface area contributed by atoms with E-state index in [4.69, 9.17) is 14.5 Å². The van der Waals surface area contributed by atoms with Gasteiger partial charge < -0.3 is 19.6 Å². The van der Waals surface area contributed by atoms with Gasteiger partial charge in [0.05, 0.1) is 30.5 Å². The van der Waals surface area contributed by atoms with Crippen LogP contribution in [0.2, 0.25) is 0 Å². The highest BCUT2D eigenvalue weighted by Gasteiger charge is 2.37. The Morgan fingerprint density at radius 2 is 1.83 bits per heavy atom. The van der Waals surface area contributed by atoms with Crippen molar-refractivity contribution >= 4 is 7.82 Å². The highest BCUT2D eigenvalue weighted by Crippen LogP contribution is 2.38. The summed E-state index contributed by atoms with van der Waals surface area (Å²) in [7, 11) is -4.74. The van der Waals surface area contributed by atoms with Gasteiger partial charge in [-0.05, 0) is 12.8 Å². The van der Waals surface area contributed by atoms with Gasteiger partial charge in [0.15, 0.2) is 0 Å². The van der Waals surface area contributed by atoms with Crippen LogP contribution in [0, 0.1) is 0 Å². The average Bonchev–Trinajstić information content (AvgIpc) is 3.41. The van der Waals surface area contributed by atoms with Crippen LogP contribution >= 0.6 is 7.82 Å². The molecular weight excluding hydrogens is 493 g/mol. The maximum absolute atomic E-state index is 12.4. The maximum Gasteiger partial charge on any atom is 0.469 e. The lowest BCUT2D eigenvalue weighted by Gasteiger charge is -2.17. The summed E-state index contributed by atoms with van der Waals surface area (Å²) in [5.41, 5.74) is -0.227. The molecule has 2 aromatic heterocycles. The van der Waals surface area contributed by atoms with Crippen molar-refractivity contribution in [2.45, 2.75) is 96.1 Å². The first-order chi connectivity index (χ1) is 17.2. The van der Waals surface area contributed by atoms with Gasteiger partial charge in [-0.1, -0.05) is 57.1 Å². The van der Waals surface area contributed by atoms with E-state index in [-0.39, 0.29) is 18.5 Å². The molecule has 3 atom stereocenters. The van der Waals surface area contributed by atoms with Crippen molar-refractivity contribution in [3.8, 4) is 0 Å². The molecule has 14 heteroatoms. The van der Waals surface area contributed by atoms with Crippen LogP contribution in [-0.4, -0.2) is 58.3 Å². The minimum absolute atomic E-state index is 0.0212. The Kier molecular flexibility index (Phi) is 10.6. The van der Waals surface area contributed by atoms with Crippen molar-refractivity contribution in [2.75, 3.05) is 6.61 Å². The predicted octanol–water partition coefficient (Wildman–Crippen LogP) is 1.62. The third kappa shape index (κ3) is 8.75. The van der Waals surface area contributed by atoms with E-state index < -0.39 is 44.1 Å². The molecule has 13 nitrogen and oxygen atoms in total. The molecule has 3 heterocycles. The topological polar surface area (TPSA) is 182 Å². The van der Waals surface area contributed by atoms with Crippen LogP contribution < -0.4 is 11.2 Å². The van der Waals surface area contributed by atoms with Gasteiger partial charge in [-0.2, -0.15) is 0 Å². The summed E-state index contributed by atoms with van der Waals surface area (Å²) in [6.45, 7) is 1.74. The van der Waals surface area contributed by atoms with Crippen LogP contribution in [0.15, 0.2) is 22.0 Å². The summed E-state index contributed by atoms with van der Waals surface area (Å²) < 4.78 is 23.5. The van der Waals surface area contributed by atoms with Crippen molar-refractivity contribution in [3.05, 3.63) is 44.5 Å². The molecule has 0 spiro atoms. The minimum Gasteiger partial charge on any atom is -0.390 e. The fraction of sp³-hybridized carbons (Fsp3) is 0.727. The Morgan fingerprint density at radius 3 is 2.53 bits per heavy atom. The minimum atomic E-state index is -4.74. The molecule has 0 aliphatic carbocycles. The Bertz CT molecular complexity index is 1130. The lowest BCUT2D eigenvalue weighted by molar-refractivity contribution is -0.0451. The number of phosphoric acid groups is 1. The van der Waals surface area contributed by atoms with Crippen molar-refractivity contribution in [1.82, 2.24) is 24.5 Å². The largest absolute Gasteiger partial charge is 0.469 e. The number of aromatic amines is 1. The second kappa shape index (κ2) is 13.4. The van der Waals surface area contributed by atoms with Crippen LogP contribution in [0.5, 0.6) is 0 Å². The molecule has 1 aliphatic heterocycles. The molecule has 1 aliphatic rings. The number of aliphatic hydroxyl groups excluding tert-OH is 1. The molecule has 0 amide bonds. The fourth-order valence-corrected chi connectivity index (χ4v) is 4.55. The fourth-order valence-electron chi connectivity index (χ4n) is 4.20. The SMILES string of the molecule is CCCCCCCCCCc1cn(Cc2cn([C@H]3CC(O)[C@@H](COP(=O)(O)O)O3)c(=O)[nH]c2=O)nn1. The molecule has 36 heavy (non-hydrogen) atoms. The van der Waals surface area contributed by atoms with Gasteiger partial charge in [0.1, 0.15) is 12.3 Å². The van der Waals surface area contributed by atoms with Crippen LogP contribution in [0.25, 0.3) is 0 Å². The summed E-state index contributed by atoms with van der Waals surface area (Å²) in [5.74, 6) is 0. The number of unbranched alkanes of at least 4 members (excludes halogenated alkanes) is 7. The van der Waals surface area contributed by atoms with E-state index in [9.17, 15) is 19.3 Å². The summed E-state index contributed by atoms with van der Waals surface area (Å²) >= 11 is 0. The predicted molar refractivity (Wildman–Crippen MR) is 129 cm³/mol. The van der Waals surface area contributed by atoms with E-state index in [2.05, 4.69) is 26.7 Å². The molecule has 2 aromatic rings. The number of rotatable bonds is 15. The first-order valence-electron chi connectivity index (χ1n) is 12.4. The van der Waals surface area contributed by atoms with Crippen molar-refractivity contribution in [3.63, 3.8) is 0 Å². The number of hydrogen-bond donors (Lipinski definition) is 4. The lowest BCUT2D eigenvalue weighted by atomic mass is 10.1. The van der Waals surface area contributed by atoms with Gasteiger partial charge in [-0.3, -0.25) is 18.9 Å². The van der Waals surface area contributed by atoms with Crippen LogP contribution in [0.1, 0.15) is 82.2 Å². The molecule has 0 bridgehead atoms. The van der Waals surface area contributed by atoms with Crippen LogP contribution in [-0.2, 0) is 26.8 Å². The Labute approximate surface area is 208 Å². The van der Waals surface area contributed by atoms with Crippen LogP contribution in [0.3, 0.4) is 0 Å². The van der Waals surface area contributed by atoms with E-state index in [1.807, 2.05) is 0 Å². The number of phosphoric ester groups is 1. The van der Waals surface area contributed by atoms with Crippen molar-refractivity contribution in [1.29, 1.82) is 0 Å². The average molecular weight is 530 g/mol. The van der Waals surface area contributed by atoms with Gasteiger partial charge in [0.25, 0.3) is 5.56 Å². The standard InChI is InChI=1S/C22H36N5O8P/c1-2-3-4-5-6-7-8-9-10-17-14-26(25-24-17)12-16-13-27(22(30)23-21(16)29)20-11-18(28)19(35-20)15-34-36(31,32)33/h13-14,18-20,28H,2-12,15H2,1H3,(H,23,29,30)(H2,31,32,33)/t18?,19-,20-/m1/s1. The summed E-state index contributed by atoms with van der Waals surface area (Å²) in [6, 6.07) is 0. The molecule has 3 rings (SSSR count).